The monoisotopic (exact) mass is 257 g/mol. The molecular formula is C14H11NO4. The molecule has 0 aliphatic carbocycles. The van der Waals surface area contributed by atoms with Crippen molar-refractivity contribution < 1.29 is 19.7 Å². The van der Waals surface area contributed by atoms with E-state index in [-0.39, 0.29) is 17.1 Å². The molecule has 5 heteroatoms. The number of rotatable bonds is 1. The zero-order chi connectivity index (χ0) is 13.6. The lowest BCUT2D eigenvalue weighted by Gasteiger charge is -2.02. The molecule has 0 unspecified atom stereocenters. The van der Waals surface area contributed by atoms with E-state index in [0.717, 1.165) is 16.3 Å². The van der Waals surface area contributed by atoms with Gasteiger partial charge in [-0.2, -0.15) is 0 Å². The van der Waals surface area contributed by atoms with Crippen LogP contribution in [0, 0.1) is 0 Å². The Hall–Kier alpha value is -2.69. The SMILES string of the molecule is COC(=O)c1cc2c(cc1O)[nH]c1ccc(O)cc12. The van der Waals surface area contributed by atoms with Gasteiger partial charge in [0, 0.05) is 22.4 Å². The van der Waals surface area contributed by atoms with Crippen molar-refractivity contribution in [2.24, 2.45) is 0 Å². The molecule has 0 saturated carbocycles. The van der Waals surface area contributed by atoms with Gasteiger partial charge in [-0.15, -0.1) is 0 Å². The maximum Gasteiger partial charge on any atom is 0.341 e. The molecule has 19 heavy (non-hydrogen) atoms. The summed E-state index contributed by atoms with van der Waals surface area (Å²) in [7, 11) is 1.26. The smallest absolute Gasteiger partial charge is 0.341 e. The van der Waals surface area contributed by atoms with Gasteiger partial charge in [0.2, 0.25) is 0 Å². The highest BCUT2D eigenvalue weighted by atomic mass is 16.5. The fourth-order valence-electron chi connectivity index (χ4n) is 2.20. The lowest BCUT2D eigenvalue weighted by Crippen LogP contribution is -2.01. The molecule has 2 aromatic carbocycles. The third-order valence-electron chi connectivity index (χ3n) is 3.10. The second kappa shape index (κ2) is 3.91. The average molecular weight is 257 g/mol. The van der Waals surface area contributed by atoms with Gasteiger partial charge < -0.3 is 19.9 Å². The van der Waals surface area contributed by atoms with Crippen LogP contribution in [0.3, 0.4) is 0 Å². The fourth-order valence-corrected chi connectivity index (χ4v) is 2.20. The van der Waals surface area contributed by atoms with E-state index in [9.17, 15) is 15.0 Å². The number of carbonyl (C=O) groups excluding carboxylic acids is 1. The lowest BCUT2D eigenvalue weighted by atomic mass is 10.1. The Morgan fingerprint density at radius 3 is 2.58 bits per heavy atom. The number of phenolic OH excluding ortho intramolecular Hbond substituents is 2. The number of carbonyl (C=O) groups is 1. The van der Waals surface area contributed by atoms with Crippen LogP contribution < -0.4 is 0 Å². The van der Waals surface area contributed by atoms with Crippen molar-refractivity contribution in [1.82, 2.24) is 4.98 Å². The summed E-state index contributed by atoms with van der Waals surface area (Å²) in [6, 6.07) is 7.93. The van der Waals surface area contributed by atoms with Gasteiger partial charge in [0.05, 0.1) is 12.6 Å². The number of benzene rings is 2. The molecule has 3 rings (SSSR count). The van der Waals surface area contributed by atoms with Gasteiger partial charge in [-0.05, 0) is 24.3 Å². The van der Waals surface area contributed by atoms with Gasteiger partial charge in [-0.1, -0.05) is 0 Å². The molecule has 0 aliphatic heterocycles. The molecule has 3 aromatic rings. The van der Waals surface area contributed by atoms with Crippen LogP contribution in [0.15, 0.2) is 30.3 Å². The number of esters is 1. The molecule has 0 aliphatic rings. The summed E-state index contributed by atoms with van der Waals surface area (Å²) in [5, 5.41) is 20.9. The molecule has 1 heterocycles. The highest BCUT2D eigenvalue weighted by Crippen LogP contribution is 2.32. The van der Waals surface area contributed by atoms with E-state index in [1.54, 1.807) is 24.3 Å². The third kappa shape index (κ3) is 1.67. The molecule has 96 valence electrons. The standard InChI is InChI=1S/C14H11NO4/c1-19-14(18)10-5-9-8-4-7(16)2-3-11(8)15-12(9)6-13(10)17/h2-6,15-17H,1H3. The third-order valence-corrected chi connectivity index (χ3v) is 3.10. The first kappa shape index (κ1) is 11.4. The van der Waals surface area contributed by atoms with E-state index >= 15 is 0 Å². The predicted octanol–water partition coefficient (Wildman–Crippen LogP) is 2.52. The number of aromatic amines is 1. The molecule has 0 spiro atoms. The minimum Gasteiger partial charge on any atom is -0.508 e. The molecule has 3 N–H and O–H groups in total. The summed E-state index contributed by atoms with van der Waals surface area (Å²) in [6.07, 6.45) is 0. The zero-order valence-corrected chi connectivity index (χ0v) is 10.1. The van der Waals surface area contributed by atoms with E-state index < -0.39 is 5.97 Å². The quantitative estimate of drug-likeness (QED) is 0.585. The molecule has 5 nitrogen and oxygen atoms in total. The highest BCUT2D eigenvalue weighted by Gasteiger charge is 2.15. The van der Waals surface area contributed by atoms with Crippen molar-refractivity contribution in [2.45, 2.75) is 0 Å². The largest absolute Gasteiger partial charge is 0.508 e. The summed E-state index contributed by atoms with van der Waals surface area (Å²) < 4.78 is 4.62. The summed E-state index contributed by atoms with van der Waals surface area (Å²) in [5.74, 6) is -0.606. The van der Waals surface area contributed by atoms with E-state index in [4.69, 9.17) is 0 Å². The van der Waals surface area contributed by atoms with Gasteiger partial charge in [-0.3, -0.25) is 0 Å². The van der Waals surface area contributed by atoms with E-state index in [0.29, 0.717) is 5.52 Å². The summed E-state index contributed by atoms with van der Waals surface area (Å²) >= 11 is 0. The maximum absolute atomic E-state index is 11.6. The second-order valence-corrected chi connectivity index (χ2v) is 4.26. The minimum atomic E-state index is -0.603. The van der Waals surface area contributed by atoms with Crippen molar-refractivity contribution in [3.05, 3.63) is 35.9 Å². The highest BCUT2D eigenvalue weighted by molar-refractivity contribution is 6.10. The van der Waals surface area contributed by atoms with Crippen LogP contribution in [0.5, 0.6) is 11.5 Å². The van der Waals surface area contributed by atoms with E-state index in [1.165, 1.54) is 13.2 Å². The Balaban J connectivity index is 2.39. The lowest BCUT2D eigenvalue weighted by molar-refractivity contribution is 0.0597. The number of ether oxygens (including phenoxy) is 1. The molecule has 0 radical (unpaired) electrons. The number of hydrogen-bond acceptors (Lipinski definition) is 4. The van der Waals surface area contributed by atoms with Crippen LogP contribution in [0.1, 0.15) is 10.4 Å². The van der Waals surface area contributed by atoms with Crippen LogP contribution in [-0.2, 0) is 4.74 Å². The number of nitrogens with one attached hydrogen (secondary N) is 1. The van der Waals surface area contributed by atoms with E-state index in [1.807, 2.05) is 0 Å². The minimum absolute atomic E-state index is 0.0965. The zero-order valence-electron chi connectivity index (χ0n) is 10.1. The Kier molecular flexibility index (Phi) is 2.35. The summed E-state index contributed by atoms with van der Waals surface area (Å²) in [6.45, 7) is 0. The van der Waals surface area contributed by atoms with Gasteiger partial charge in [-0.25, -0.2) is 4.79 Å². The van der Waals surface area contributed by atoms with Gasteiger partial charge in [0.15, 0.2) is 0 Å². The normalized spacial score (nSPS) is 11.0. The number of methoxy groups -OCH3 is 1. The number of H-pyrrole nitrogens is 1. The van der Waals surface area contributed by atoms with Crippen molar-refractivity contribution in [2.75, 3.05) is 7.11 Å². The van der Waals surface area contributed by atoms with Crippen LogP contribution in [0.4, 0.5) is 0 Å². The predicted molar refractivity (Wildman–Crippen MR) is 70.5 cm³/mol. The number of fused-ring (bicyclic) bond motifs is 3. The second-order valence-electron chi connectivity index (χ2n) is 4.26. The molecule has 0 bridgehead atoms. The van der Waals surface area contributed by atoms with E-state index in [2.05, 4.69) is 9.72 Å². The molecule has 1 aromatic heterocycles. The van der Waals surface area contributed by atoms with Crippen LogP contribution in [0.25, 0.3) is 21.8 Å². The average Bonchev–Trinajstić information content (AvgIpc) is 2.73. The fraction of sp³-hybridized carbons (Fsp3) is 0.0714. The molecule has 0 fully saturated rings. The number of hydrogen-bond donors (Lipinski definition) is 3. The summed E-state index contributed by atoms with van der Waals surface area (Å²) in [4.78, 5) is 14.7. The van der Waals surface area contributed by atoms with Gasteiger partial charge in [0.25, 0.3) is 0 Å². The Bertz CT molecular complexity index is 804. The maximum atomic E-state index is 11.6. The van der Waals surface area contributed by atoms with Crippen molar-refractivity contribution >= 4 is 27.8 Å². The van der Waals surface area contributed by atoms with Crippen molar-refractivity contribution in [1.29, 1.82) is 0 Å². The number of phenols is 2. The molecule has 0 saturated heterocycles. The topological polar surface area (TPSA) is 82.5 Å². The summed E-state index contributed by atoms with van der Waals surface area (Å²) in [5.41, 5.74) is 1.60. The number of aromatic hydroxyl groups is 2. The first-order valence-corrected chi connectivity index (χ1v) is 5.66. The Morgan fingerprint density at radius 1 is 1.11 bits per heavy atom. The number of aromatic nitrogens is 1. The molecule has 0 amide bonds. The van der Waals surface area contributed by atoms with Crippen LogP contribution >= 0.6 is 0 Å². The van der Waals surface area contributed by atoms with Gasteiger partial charge in [0.1, 0.15) is 17.1 Å². The Morgan fingerprint density at radius 2 is 1.84 bits per heavy atom. The molecule has 0 atom stereocenters. The van der Waals surface area contributed by atoms with Crippen LogP contribution in [-0.4, -0.2) is 28.3 Å². The van der Waals surface area contributed by atoms with Crippen LogP contribution in [0.2, 0.25) is 0 Å². The van der Waals surface area contributed by atoms with Gasteiger partial charge >= 0.3 is 5.97 Å². The van der Waals surface area contributed by atoms with Crippen molar-refractivity contribution in [3.63, 3.8) is 0 Å². The van der Waals surface area contributed by atoms with Crippen molar-refractivity contribution in [3.8, 4) is 11.5 Å². The first-order valence-electron chi connectivity index (χ1n) is 5.66. The molecular weight excluding hydrogens is 246 g/mol. The first-order chi connectivity index (χ1) is 9.10. The Labute approximate surface area is 108 Å².